The summed E-state index contributed by atoms with van der Waals surface area (Å²) in [5.41, 5.74) is 5.45. The first-order chi connectivity index (χ1) is 12.9. The number of halogens is 1. The van der Waals surface area contributed by atoms with Crippen molar-refractivity contribution in [2.45, 2.75) is 45.6 Å². The summed E-state index contributed by atoms with van der Waals surface area (Å²) in [5.74, 6) is 1.11. The van der Waals surface area contributed by atoms with Crippen molar-refractivity contribution in [1.82, 2.24) is 4.90 Å². The molecule has 0 saturated carbocycles. The second-order valence-corrected chi connectivity index (χ2v) is 8.41. The molecule has 0 aromatic heterocycles. The molecule has 1 aliphatic rings. The summed E-state index contributed by atoms with van der Waals surface area (Å²) in [6.45, 7) is 12.1. The molecule has 2 atom stereocenters. The Labute approximate surface area is 168 Å². The van der Waals surface area contributed by atoms with Gasteiger partial charge in [0.2, 0.25) is 0 Å². The van der Waals surface area contributed by atoms with Crippen molar-refractivity contribution in [3.8, 4) is 6.07 Å². The van der Waals surface area contributed by atoms with E-state index < -0.39 is 0 Å². The van der Waals surface area contributed by atoms with Crippen molar-refractivity contribution >= 4 is 17.3 Å². The normalized spacial score (nSPS) is 16.9. The lowest BCUT2D eigenvalue weighted by Gasteiger charge is -2.14. The molecule has 0 bridgehead atoms. The van der Waals surface area contributed by atoms with Crippen LogP contribution >= 0.6 is 11.6 Å². The zero-order valence-electron chi connectivity index (χ0n) is 16.4. The van der Waals surface area contributed by atoms with Gasteiger partial charge in [0.1, 0.15) is 6.07 Å². The molecular weight excluding hydrogens is 352 g/mol. The summed E-state index contributed by atoms with van der Waals surface area (Å²) in [7, 11) is 0. The molecule has 3 heteroatoms. The predicted molar refractivity (Wildman–Crippen MR) is 114 cm³/mol. The van der Waals surface area contributed by atoms with Crippen molar-refractivity contribution in [1.29, 1.82) is 5.26 Å². The molecule has 140 valence electrons. The molecular formula is C24H27ClN2. The Balaban J connectivity index is 1.53. The molecule has 2 aromatic carbocycles. The average Bonchev–Trinajstić information content (AvgIpc) is 3.40. The highest BCUT2D eigenvalue weighted by atomic mass is 35.5. The van der Waals surface area contributed by atoms with Gasteiger partial charge in [0.25, 0.3) is 0 Å². The Hall–Kier alpha value is -2.24. The number of rotatable bonds is 7. The van der Waals surface area contributed by atoms with Gasteiger partial charge in [0.05, 0.1) is 10.6 Å². The summed E-state index contributed by atoms with van der Waals surface area (Å²) in [5, 5.41) is 9.54. The predicted octanol–water partition coefficient (Wildman–Crippen LogP) is 6.26. The zero-order valence-corrected chi connectivity index (χ0v) is 17.1. The van der Waals surface area contributed by atoms with Gasteiger partial charge < -0.3 is 4.90 Å². The van der Waals surface area contributed by atoms with E-state index in [1.807, 2.05) is 18.2 Å². The SMILES string of the molecule is C=C(c1ccc(C(C)C)cc1)N1CC1CC(C)Cc1ccc(C#N)c(Cl)c1. The number of nitrogens with zero attached hydrogens (tertiary/aromatic N) is 2. The van der Waals surface area contributed by atoms with Gasteiger partial charge in [-0.15, -0.1) is 0 Å². The maximum absolute atomic E-state index is 8.99. The first-order valence-electron chi connectivity index (χ1n) is 9.63. The van der Waals surface area contributed by atoms with Crippen LogP contribution in [0.4, 0.5) is 0 Å². The lowest BCUT2D eigenvalue weighted by atomic mass is 9.96. The summed E-state index contributed by atoms with van der Waals surface area (Å²) in [4.78, 5) is 2.40. The minimum absolute atomic E-state index is 0.543. The Bertz CT molecular complexity index is 861. The van der Waals surface area contributed by atoms with Gasteiger partial charge >= 0.3 is 0 Å². The number of hydrogen-bond acceptors (Lipinski definition) is 2. The summed E-state index contributed by atoms with van der Waals surface area (Å²) in [6.07, 6.45) is 2.12. The van der Waals surface area contributed by atoms with Crippen molar-refractivity contribution in [2.24, 2.45) is 5.92 Å². The summed E-state index contributed by atoms with van der Waals surface area (Å²) in [6, 6.07) is 17.2. The molecule has 0 N–H and O–H groups in total. The lowest BCUT2D eigenvalue weighted by Crippen LogP contribution is -2.08. The van der Waals surface area contributed by atoms with Crippen LogP contribution in [-0.4, -0.2) is 17.5 Å². The van der Waals surface area contributed by atoms with Crippen molar-refractivity contribution in [2.75, 3.05) is 6.54 Å². The van der Waals surface area contributed by atoms with Crippen LogP contribution in [0.15, 0.2) is 49.0 Å². The van der Waals surface area contributed by atoms with Gasteiger partial charge in [-0.05, 0) is 53.5 Å². The van der Waals surface area contributed by atoms with Crippen LogP contribution in [0.5, 0.6) is 0 Å². The molecule has 2 aromatic rings. The highest BCUT2D eigenvalue weighted by Crippen LogP contribution is 2.35. The molecule has 0 radical (unpaired) electrons. The Kier molecular flexibility index (Phi) is 5.92. The third-order valence-corrected chi connectivity index (χ3v) is 5.70. The second-order valence-electron chi connectivity index (χ2n) is 8.00. The van der Waals surface area contributed by atoms with Crippen LogP contribution in [0.25, 0.3) is 5.70 Å². The largest absolute Gasteiger partial charge is 0.365 e. The molecule has 3 rings (SSSR count). The minimum Gasteiger partial charge on any atom is -0.365 e. The van der Waals surface area contributed by atoms with Crippen LogP contribution < -0.4 is 0 Å². The molecule has 1 heterocycles. The van der Waals surface area contributed by atoms with E-state index in [-0.39, 0.29) is 0 Å². The van der Waals surface area contributed by atoms with E-state index in [1.165, 1.54) is 16.7 Å². The van der Waals surface area contributed by atoms with Crippen molar-refractivity contribution in [3.63, 3.8) is 0 Å². The van der Waals surface area contributed by atoms with E-state index in [0.717, 1.165) is 25.1 Å². The highest BCUT2D eigenvalue weighted by Gasteiger charge is 2.36. The quantitative estimate of drug-likeness (QED) is 0.531. The summed E-state index contributed by atoms with van der Waals surface area (Å²) >= 11 is 6.15. The summed E-state index contributed by atoms with van der Waals surface area (Å²) < 4.78 is 0. The standard InChI is InChI=1S/C24H27ClN2/c1-16(2)20-7-9-21(10-8-20)18(4)27-15-23(27)12-17(3)11-19-5-6-22(14-26)24(25)13-19/h5-10,13,16-17,23H,4,11-12,15H2,1-3H3. The maximum Gasteiger partial charge on any atom is 0.101 e. The third-order valence-electron chi connectivity index (χ3n) is 5.38. The van der Waals surface area contributed by atoms with Crippen molar-refractivity contribution < 1.29 is 0 Å². The first-order valence-corrected chi connectivity index (χ1v) is 10.0. The molecule has 2 unspecified atom stereocenters. The number of nitriles is 1. The van der Waals surface area contributed by atoms with Crippen LogP contribution in [0, 0.1) is 17.2 Å². The van der Waals surface area contributed by atoms with E-state index >= 15 is 0 Å². The van der Waals surface area contributed by atoms with Gasteiger partial charge in [0, 0.05) is 18.3 Å². The lowest BCUT2D eigenvalue weighted by molar-refractivity contribution is 0.494. The number of benzene rings is 2. The average molecular weight is 379 g/mol. The van der Waals surface area contributed by atoms with Crippen LogP contribution in [0.3, 0.4) is 0 Å². The fourth-order valence-electron chi connectivity index (χ4n) is 3.66. The van der Waals surface area contributed by atoms with E-state index in [1.54, 1.807) is 0 Å². The Morgan fingerprint density at radius 3 is 2.52 bits per heavy atom. The molecule has 1 aliphatic heterocycles. The van der Waals surface area contributed by atoms with Crippen molar-refractivity contribution in [3.05, 3.63) is 76.3 Å². The Morgan fingerprint density at radius 2 is 1.93 bits per heavy atom. The monoisotopic (exact) mass is 378 g/mol. The molecule has 2 nitrogen and oxygen atoms in total. The smallest absolute Gasteiger partial charge is 0.101 e. The number of hydrogen-bond donors (Lipinski definition) is 0. The second kappa shape index (κ2) is 8.19. The van der Waals surface area contributed by atoms with E-state index in [2.05, 4.69) is 62.6 Å². The van der Waals surface area contributed by atoms with Gasteiger partial charge in [-0.2, -0.15) is 5.26 Å². The molecule has 27 heavy (non-hydrogen) atoms. The molecule has 0 amide bonds. The maximum atomic E-state index is 8.99. The van der Waals surface area contributed by atoms with E-state index in [0.29, 0.717) is 28.5 Å². The van der Waals surface area contributed by atoms with Crippen LogP contribution in [0.1, 0.15) is 55.4 Å². The van der Waals surface area contributed by atoms with E-state index in [4.69, 9.17) is 16.9 Å². The Morgan fingerprint density at radius 1 is 1.22 bits per heavy atom. The van der Waals surface area contributed by atoms with Crippen LogP contribution in [0.2, 0.25) is 5.02 Å². The van der Waals surface area contributed by atoms with Gasteiger partial charge in [-0.25, -0.2) is 0 Å². The minimum atomic E-state index is 0.543. The molecule has 0 spiro atoms. The highest BCUT2D eigenvalue weighted by molar-refractivity contribution is 6.31. The molecule has 1 fully saturated rings. The fourth-order valence-corrected chi connectivity index (χ4v) is 3.91. The van der Waals surface area contributed by atoms with Crippen LogP contribution in [-0.2, 0) is 6.42 Å². The molecule has 1 saturated heterocycles. The third kappa shape index (κ3) is 4.73. The topological polar surface area (TPSA) is 26.8 Å². The fraction of sp³-hybridized carbons (Fsp3) is 0.375. The first kappa shape index (κ1) is 19.5. The zero-order chi connectivity index (χ0) is 19.6. The van der Waals surface area contributed by atoms with Gasteiger partial charge in [0.15, 0.2) is 0 Å². The van der Waals surface area contributed by atoms with Gasteiger partial charge in [-0.3, -0.25) is 0 Å². The van der Waals surface area contributed by atoms with Gasteiger partial charge in [-0.1, -0.05) is 69.3 Å². The molecule has 0 aliphatic carbocycles. The van der Waals surface area contributed by atoms with E-state index in [9.17, 15) is 0 Å².